The van der Waals surface area contributed by atoms with Gasteiger partial charge in [-0.05, 0) is 38.8 Å². The molecule has 1 fully saturated rings. The van der Waals surface area contributed by atoms with E-state index in [0.29, 0.717) is 13.2 Å². The Kier molecular flexibility index (Phi) is 6.62. The molecule has 1 aliphatic heterocycles. The molecule has 7 heteroatoms. The minimum atomic E-state index is 0.116. The van der Waals surface area contributed by atoms with Crippen LogP contribution in [0, 0.1) is 5.92 Å². The number of amides is 1. The maximum absolute atomic E-state index is 12.2. The van der Waals surface area contributed by atoms with E-state index < -0.39 is 0 Å². The molecule has 118 valence electrons. The normalized spacial score (nSPS) is 19.2. The maximum Gasteiger partial charge on any atom is 0.223 e. The lowest BCUT2D eigenvalue weighted by molar-refractivity contribution is -0.125. The van der Waals surface area contributed by atoms with Crippen LogP contribution in [0.1, 0.15) is 31.5 Å². The zero-order valence-corrected chi connectivity index (χ0v) is 12.7. The average molecular weight is 295 g/mol. The second kappa shape index (κ2) is 8.74. The molecule has 7 nitrogen and oxygen atoms in total. The van der Waals surface area contributed by atoms with E-state index in [0.717, 1.165) is 51.1 Å². The topological polar surface area (TPSA) is 81.1 Å². The Hall–Kier alpha value is -1.47. The first kappa shape index (κ1) is 15.9. The molecule has 1 unspecified atom stereocenters. The molecule has 1 aromatic heterocycles. The summed E-state index contributed by atoms with van der Waals surface area (Å²) in [6.45, 7) is 3.89. The summed E-state index contributed by atoms with van der Waals surface area (Å²) in [6, 6.07) is 0. The molecule has 0 aliphatic carbocycles. The molecule has 2 N–H and O–H groups in total. The summed E-state index contributed by atoms with van der Waals surface area (Å²) >= 11 is 0. The monoisotopic (exact) mass is 295 g/mol. The first-order chi connectivity index (χ1) is 10.3. The fourth-order valence-corrected chi connectivity index (χ4v) is 2.57. The van der Waals surface area contributed by atoms with Crippen LogP contribution in [0.25, 0.3) is 0 Å². The van der Waals surface area contributed by atoms with E-state index in [9.17, 15) is 4.79 Å². The maximum atomic E-state index is 12.2. The van der Waals surface area contributed by atoms with Crippen LogP contribution in [0.2, 0.25) is 0 Å². The highest BCUT2D eigenvalue weighted by molar-refractivity contribution is 5.78. The molecule has 1 aromatic rings. The van der Waals surface area contributed by atoms with Gasteiger partial charge in [-0.3, -0.25) is 4.79 Å². The summed E-state index contributed by atoms with van der Waals surface area (Å²) in [7, 11) is 1.69. The van der Waals surface area contributed by atoms with Crippen LogP contribution in [-0.4, -0.2) is 47.5 Å². The van der Waals surface area contributed by atoms with Crippen molar-refractivity contribution in [2.24, 2.45) is 5.92 Å². The van der Waals surface area contributed by atoms with E-state index in [1.165, 1.54) is 0 Å². The van der Waals surface area contributed by atoms with Crippen molar-refractivity contribution >= 4 is 5.91 Å². The summed E-state index contributed by atoms with van der Waals surface area (Å²) in [4.78, 5) is 12.2. The fourth-order valence-electron chi connectivity index (χ4n) is 2.57. The number of nitrogens with one attached hydrogen (secondary N) is 2. The summed E-state index contributed by atoms with van der Waals surface area (Å²) < 4.78 is 7.01. The molecular formula is C14H25N5O2. The van der Waals surface area contributed by atoms with Crippen LogP contribution in [-0.2, 0) is 22.6 Å². The van der Waals surface area contributed by atoms with E-state index >= 15 is 0 Å². The molecule has 2 rings (SSSR count). The molecule has 0 saturated carbocycles. The van der Waals surface area contributed by atoms with Gasteiger partial charge in [-0.25, -0.2) is 0 Å². The van der Waals surface area contributed by atoms with Crippen molar-refractivity contribution in [1.29, 1.82) is 0 Å². The number of ether oxygens (including phenoxy) is 1. The highest BCUT2D eigenvalue weighted by Gasteiger charge is 2.20. The molecular weight excluding hydrogens is 270 g/mol. The molecule has 0 bridgehead atoms. The lowest BCUT2D eigenvalue weighted by Gasteiger charge is -2.14. The van der Waals surface area contributed by atoms with E-state index in [4.69, 9.17) is 4.74 Å². The molecule has 1 amide bonds. The largest absolute Gasteiger partial charge is 0.385 e. The van der Waals surface area contributed by atoms with Crippen LogP contribution < -0.4 is 10.6 Å². The van der Waals surface area contributed by atoms with Gasteiger partial charge in [0.05, 0.1) is 6.54 Å². The van der Waals surface area contributed by atoms with E-state index in [1.807, 2.05) is 4.57 Å². The standard InChI is InChI=1S/C14H25N5O2/c1-21-9-3-8-19-11-17-18-13(19)10-16-14(20)12-4-2-6-15-7-5-12/h11-12,15H,2-10H2,1H3,(H,16,20). The van der Waals surface area contributed by atoms with Crippen LogP contribution >= 0.6 is 0 Å². The predicted octanol–water partition coefficient (Wildman–Crippen LogP) is 0.321. The van der Waals surface area contributed by atoms with Crippen LogP contribution in [0.3, 0.4) is 0 Å². The van der Waals surface area contributed by atoms with E-state index in [1.54, 1.807) is 13.4 Å². The van der Waals surface area contributed by atoms with Crippen molar-refractivity contribution in [3.8, 4) is 0 Å². The Bertz CT molecular complexity index is 427. The van der Waals surface area contributed by atoms with Crippen molar-refractivity contribution in [3.05, 3.63) is 12.2 Å². The zero-order chi connectivity index (χ0) is 14.9. The van der Waals surface area contributed by atoms with Crippen molar-refractivity contribution < 1.29 is 9.53 Å². The summed E-state index contributed by atoms with van der Waals surface area (Å²) in [5.41, 5.74) is 0. The summed E-state index contributed by atoms with van der Waals surface area (Å²) in [5, 5.41) is 14.3. The third-order valence-electron chi connectivity index (χ3n) is 3.81. The van der Waals surface area contributed by atoms with Gasteiger partial charge in [0.2, 0.25) is 5.91 Å². The summed E-state index contributed by atoms with van der Waals surface area (Å²) in [5.74, 6) is 1.04. The third-order valence-corrected chi connectivity index (χ3v) is 3.81. The molecule has 1 aliphatic rings. The minimum Gasteiger partial charge on any atom is -0.385 e. The van der Waals surface area contributed by atoms with Gasteiger partial charge in [-0.2, -0.15) is 0 Å². The van der Waals surface area contributed by atoms with Gasteiger partial charge in [0.25, 0.3) is 0 Å². The van der Waals surface area contributed by atoms with Crippen LogP contribution in [0.15, 0.2) is 6.33 Å². The van der Waals surface area contributed by atoms with E-state index in [-0.39, 0.29) is 11.8 Å². The second-order valence-corrected chi connectivity index (χ2v) is 5.38. The second-order valence-electron chi connectivity index (χ2n) is 5.38. The number of carbonyl (C=O) groups is 1. The number of hydrogen-bond donors (Lipinski definition) is 2. The lowest BCUT2D eigenvalue weighted by Crippen LogP contribution is -2.31. The van der Waals surface area contributed by atoms with Gasteiger partial charge in [0.15, 0.2) is 5.82 Å². The fraction of sp³-hybridized carbons (Fsp3) is 0.786. The lowest BCUT2D eigenvalue weighted by atomic mass is 10.00. The number of aryl methyl sites for hydroxylation is 1. The SMILES string of the molecule is COCCCn1cnnc1CNC(=O)C1CCCNCC1. The zero-order valence-electron chi connectivity index (χ0n) is 12.7. The quantitative estimate of drug-likeness (QED) is 0.708. The van der Waals surface area contributed by atoms with Crippen molar-refractivity contribution in [1.82, 2.24) is 25.4 Å². The Morgan fingerprint density at radius 3 is 3.29 bits per heavy atom. The molecule has 0 spiro atoms. The molecule has 0 radical (unpaired) electrons. The van der Waals surface area contributed by atoms with Gasteiger partial charge in [0, 0.05) is 26.2 Å². The highest BCUT2D eigenvalue weighted by Crippen LogP contribution is 2.13. The molecule has 1 saturated heterocycles. The van der Waals surface area contributed by atoms with Crippen molar-refractivity contribution in [2.75, 3.05) is 26.8 Å². The van der Waals surface area contributed by atoms with Gasteiger partial charge in [-0.15, -0.1) is 10.2 Å². The molecule has 21 heavy (non-hydrogen) atoms. The smallest absolute Gasteiger partial charge is 0.223 e. The van der Waals surface area contributed by atoms with Crippen LogP contribution in [0.5, 0.6) is 0 Å². The number of aromatic nitrogens is 3. The Morgan fingerprint density at radius 1 is 1.52 bits per heavy atom. The van der Waals surface area contributed by atoms with Gasteiger partial charge in [-0.1, -0.05) is 0 Å². The molecule has 0 aromatic carbocycles. The Morgan fingerprint density at radius 2 is 2.43 bits per heavy atom. The first-order valence-electron chi connectivity index (χ1n) is 7.65. The van der Waals surface area contributed by atoms with Gasteiger partial charge in [0.1, 0.15) is 6.33 Å². The van der Waals surface area contributed by atoms with Gasteiger partial charge >= 0.3 is 0 Å². The number of carbonyl (C=O) groups excluding carboxylic acids is 1. The average Bonchev–Trinajstić information content (AvgIpc) is 2.76. The van der Waals surface area contributed by atoms with Crippen molar-refractivity contribution in [2.45, 2.75) is 38.8 Å². The van der Waals surface area contributed by atoms with Crippen molar-refractivity contribution in [3.63, 3.8) is 0 Å². The number of rotatable bonds is 7. The minimum absolute atomic E-state index is 0.116. The molecule has 1 atom stereocenters. The summed E-state index contributed by atoms with van der Waals surface area (Å²) in [6.07, 6.45) is 5.54. The first-order valence-corrected chi connectivity index (χ1v) is 7.65. The number of nitrogens with zero attached hydrogens (tertiary/aromatic N) is 3. The van der Waals surface area contributed by atoms with E-state index in [2.05, 4.69) is 20.8 Å². The van der Waals surface area contributed by atoms with Gasteiger partial charge < -0.3 is 19.9 Å². The number of hydrogen-bond acceptors (Lipinski definition) is 5. The third kappa shape index (κ3) is 5.09. The number of methoxy groups -OCH3 is 1. The Balaban J connectivity index is 1.79. The predicted molar refractivity (Wildman–Crippen MR) is 78.6 cm³/mol. The van der Waals surface area contributed by atoms with Crippen LogP contribution in [0.4, 0.5) is 0 Å². The Labute approximate surface area is 125 Å². The molecule has 2 heterocycles. The highest BCUT2D eigenvalue weighted by atomic mass is 16.5.